The Kier molecular flexibility index (Phi) is 2.75. The van der Waals surface area contributed by atoms with E-state index in [0.717, 1.165) is 6.54 Å². The highest BCUT2D eigenvalue weighted by atomic mass is 16.2. The fraction of sp³-hybridized carbons (Fsp3) is 0.917. The fourth-order valence-electron chi connectivity index (χ4n) is 3.15. The summed E-state index contributed by atoms with van der Waals surface area (Å²) in [4.78, 5) is 14.0. The summed E-state index contributed by atoms with van der Waals surface area (Å²) in [6.07, 6.45) is 4.35. The zero-order valence-corrected chi connectivity index (χ0v) is 9.83. The standard InChI is InChI=1S/C12H22N2O/c1-12(2)5-3-4-10(12)14-8-9(7-13)6-11(14)15/h9-10H,3-8,13H2,1-2H3. The summed E-state index contributed by atoms with van der Waals surface area (Å²) in [6.45, 7) is 6.11. The minimum Gasteiger partial charge on any atom is -0.339 e. The molecule has 0 aromatic heterocycles. The molecule has 86 valence electrons. The molecule has 2 aliphatic rings. The Hall–Kier alpha value is -0.570. The first kappa shape index (κ1) is 10.9. The van der Waals surface area contributed by atoms with Crippen LogP contribution in [0.4, 0.5) is 0 Å². The van der Waals surface area contributed by atoms with E-state index in [0.29, 0.717) is 36.2 Å². The maximum Gasteiger partial charge on any atom is 0.223 e. The van der Waals surface area contributed by atoms with E-state index in [9.17, 15) is 4.79 Å². The van der Waals surface area contributed by atoms with Gasteiger partial charge >= 0.3 is 0 Å². The molecule has 1 saturated carbocycles. The smallest absolute Gasteiger partial charge is 0.223 e. The van der Waals surface area contributed by atoms with Crippen molar-refractivity contribution < 1.29 is 4.79 Å². The third-order valence-electron chi connectivity index (χ3n) is 4.15. The maximum atomic E-state index is 11.9. The first-order valence-corrected chi connectivity index (χ1v) is 6.04. The Bertz CT molecular complexity index is 262. The number of nitrogens with zero attached hydrogens (tertiary/aromatic N) is 1. The van der Waals surface area contributed by atoms with Gasteiger partial charge in [0.25, 0.3) is 0 Å². The van der Waals surface area contributed by atoms with E-state index >= 15 is 0 Å². The summed E-state index contributed by atoms with van der Waals surface area (Å²) >= 11 is 0. The average Bonchev–Trinajstić information content (AvgIpc) is 2.68. The lowest BCUT2D eigenvalue weighted by Crippen LogP contribution is -2.43. The van der Waals surface area contributed by atoms with Crippen molar-refractivity contribution in [3.8, 4) is 0 Å². The number of amides is 1. The van der Waals surface area contributed by atoms with E-state index in [1.165, 1.54) is 19.3 Å². The number of nitrogens with two attached hydrogens (primary N) is 1. The largest absolute Gasteiger partial charge is 0.339 e. The van der Waals surface area contributed by atoms with Crippen LogP contribution < -0.4 is 5.73 Å². The second-order valence-corrected chi connectivity index (χ2v) is 5.75. The fourth-order valence-corrected chi connectivity index (χ4v) is 3.15. The normalized spacial score (nSPS) is 35.1. The van der Waals surface area contributed by atoms with Gasteiger partial charge in [0.15, 0.2) is 0 Å². The Morgan fingerprint density at radius 3 is 2.73 bits per heavy atom. The van der Waals surface area contributed by atoms with Gasteiger partial charge in [-0.15, -0.1) is 0 Å². The highest BCUT2D eigenvalue weighted by molar-refractivity contribution is 5.79. The first-order valence-electron chi connectivity index (χ1n) is 6.04. The zero-order valence-electron chi connectivity index (χ0n) is 9.83. The molecule has 15 heavy (non-hydrogen) atoms. The van der Waals surface area contributed by atoms with E-state index in [1.807, 2.05) is 0 Å². The van der Waals surface area contributed by atoms with Gasteiger partial charge < -0.3 is 10.6 Å². The van der Waals surface area contributed by atoms with E-state index in [2.05, 4.69) is 18.7 Å². The molecule has 0 aromatic rings. The van der Waals surface area contributed by atoms with E-state index in [1.54, 1.807) is 0 Å². The molecule has 2 rings (SSSR count). The Labute approximate surface area is 92.0 Å². The monoisotopic (exact) mass is 210 g/mol. The van der Waals surface area contributed by atoms with Gasteiger partial charge in [-0.3, -0.25) is 4.79 Å². The Morgan fingerprint density at radius 2 is 2.27 bits per heavy atom. The predicted octanol–water partition coefficient (Wildman–Crippen LogP) is 1.37. The van der Waals surface area contributed by atoms with Crippen LogP contribution >= 0.6 is 0 Å². The molecular weight excluding hydrogens is 188 g/mol. The molecule has 2 atom stereocenters. The van der Waals surface area contributed by atoms with Crippen molar-refractivity contribution in [2.24, 2.45) is 17.1 Å². The quantitative estimate of drug-likeness (QED) is 0.748. The highest BCUT2D eigenvalue weighted by Crippen LogP contribution is 2.42. The van der Waals surface area contributed by atoms with Gasteiger partial charge in [0.2, 0.25) is 5.91 Å². The van der Waals surface area contributed by atoms with Crippen molar-refractivity contribution in [3.63, 3.8) is 0 Å². The molecule has 1 aliphatic heterocycles. The Morgan fingerprint density at radius 1 is 1.53 bits per heavy atom. The van der Waals surface area contributed by atoms with Crippen LogP contribution in [-0.2, 0) is 4.79 Å². The third-order valence-corrected chi connectivity index (χ3v) is 4.15. The predicted molar refractivity (Wildman–Crippen MR) is 60.3 cm³/mol. The molecule has 3 heteroatoms. The molecule has 2 fully saturated rings. The van der Waals surface area contributed by atoms with E-state index < -0.39 is 0 Å². The molecular formula is C12H22N2O. The number of carbonyl (C=O) groups is 1. The van der Waals surface area contributed by atoms with Gasteiger partial charge in [-0.05, 0) is 30.7 Å². The molecule has 0 aromatic carbocycles. The van der Waals surface area contributed by atoms with Crippen molar-refractivity contribution in [1.29, 1.82) is 0 Å². The SMILES string of the molecule is CC1(C)CCCC1N1CC(CN)CC1=O. The third kappa shape index (κ3) is 1.89. The summed E-state index contributed by atoms with van der Waals surface area (Å²) in [5.74, 6) is 0.722. The van der Waals surface area contributed by atoms with Crippen molar-refractivity contribution in [2.75, 3.05) is 13.1 Å². The summed E-state index contributed by atoms with van der Waals surface area (Å²) in [7, 11) is 0. The van der Waals surface area contributed by atoms with Gasteiger partial charge in [0.1, 0.15) is 0 Å². The molecule has 0 radical (unpaired) electrons. The van der Waals surface area contributed by atoms with Crippen LogP contribution in [0, 0.1) is 11.3 Å². The number of carbonyl (C=O) groups excluding carboxylic acids is 1. The van der Waals surface area contributed by atoms with E-state index in [4.69, 9.17) is 5.73 Å². The molecule has 1 heterocycles. The van der Waals surface area contributed by atoms with Crippen LogP contribution in [0.2, 0.25) is 0 Å². The van der Waals surface area contributed by atoms with Crippen LogP contribution in [0.15, 0.2) is 0 Å². The van der Waals surface area contributed by atoms with Gasteiger partial charge in [-0.2, -0.15) is 0 Å². The lowest BCUT2D eigenvalue weighted by molar-refractivity contribution is -0.131. The topological polar surface area (TPSA) is 46.3 Å². The van der Waals surface area contributed by atoms with Gasteiger partial charge in [-0.1, -0.05) is 20.3 Å². The van der Waals surface area contributed by atoms with Gasteiger partial charge in [0.05, 0.1) is 0 Å². The maximum absolute atomic E-state index is 11.9. The van der Waals surface area contributed by atoms with Crippen LogP contribution in [-0.4, -0.2) is 29.9 Å². The number of hydrogen-bond acceptors (Lipinski definition) is 2. The van der Waals surface area contributed by atoms with Crippen molar-refractivity contribution in [3.05, 3.63) is 0 Å². The summed E-state index contributed by atoms with van der Waals surface area (Å²) in [6, 6.07) is 0.460. The van der Waals surface area contributed by atoms with Crippen LogP contribution in [0.25, 0.3) is 0 Å². The number of rotatable bonds is 2. The number of likely N-dealkylation sites (tertiary alicyclic amines) is 1. The highest BCUT2D eigenvalue weighted by Gasteiger charge is 2.43. The molecule has 1 amide bonds. The molecule has 3 nitrogen and oxygen atoms in total. The minimum atomic E-state index is 0.305. The number of hydrogen-bond donors (Lipinski definition) is 1. The summed E-state index contributed by atoms with van der Waals surface area (Å²) in [5, 5.41) is 0. The molecule has 0 spiro atoms. The van der Waals surface area contributed by atoms with Crippen molar-refractivity contribution in [1.82, 2.24) is 4.90 Å². The van der Waals surface area contributed by atoms with Crippen molar-refractivity contribution >= 4 is 5.91 Å². The molecule has 2 unspecified atom stereocenters. The molecule has 1 aliphatic carbocycles. The average molecular weight is 210 g/mol. The second-order valence-electron chi connectivity index (χ2n) is 5.75. The lowest BCUT2D eigenvalue weighted by Gasteiger charge is -2.35. The second kappa shape index (κ2) is 3.78. The zero-order chi connectivity index (χ0) is 11.1. The van der Waals surface area contributed by atoms with Gasteiger partial charge in [0, 0.05) is 19.0 Å². The van der Waals surface area contributed by atoms with Crippen LogP contribution in [0.3, 0.4) is 0 Å². The molecule has 1 saturated heterocycles. The minimum absolute atomic E-state index is 0.305. The summed E-state index contributed by atoms with van der Waals surface area (Å²) in [5.41, 5.74) is 5.95. The first-order chi connectivity index (χ1) is 7.04. The van der Waals surface area contributed by atoms with Crippen LogP contribution in [0.1, 0.15) is 39.5 Å². The van der Waals surface area contributed by atoms with Gasteiger partial charge in [-0.25, -0.2) is 0 Å². The Balaban J connectivity index is 2.08. The van der Waals surface area contributed by atoms with Crippen molar-refractivity contribution in [2.45, 2.75) is 45.6 Å². The molecule has 0 bridgehead atoms. The lowest BCUT2D eigenvalue weighted by atomic mass is 9.86. The molecule has 2 N–H and O–H groups in total. The van der Waals surface area contributed by atoms with Crippen LogP contribution in [0.5, 0.6) is 0 Å². The van der Waals surface area contributed by atoms with E-state index in [-0.39, 0.29) is 0 Å². The summed E-state index contributed by atoms with van der Waals surface area (Å²) < 4.78 is 0.